The normalized spacial score (nSPS) is 10.2. The van der Waals surface area contributed by atoms with Crippen molar-refractivity contribution < 1.29 is 0 Å². The molecule has 0 aromatic carbocycles. The smallest absolute Gasteiger partial charge is 0.183 e. The molecule has 2 N–H and O–H groups in total. The van der Waals surface area contributed by atoms with Gasteiger partial charge in [0.25, 0.3) is 0 Å². The van der Waals surface area contributed by atoms with Crippen LogP contribution in [0.25, 0.3) is 0 Å². The van der Waals surface area contributed by atoms with E-state index in [1.807, 2.05) is 19.3 Å². The van der Waals surface area contributed by atoms with Gasteiger partial charge in [-0.05, 0) is 6.92 Å². The standard InChI is InChI=1S/C8H10N4S/c1-6-2-9-8(13-6)10-3-7-4-11-12-5-7/h2,4-5H,3H2,1H3,(H,9,10)(H,11,12). The number of hydrogen-bond donors (Lipinski definition) is 2. The Bertz CT molecular complexity index is 365. The summed E-state index contributed by atoms with van der Waals surface area (Å²) < 4.78 is 0. The zero-order chi connectivity index (χ0) is 9.10. The molecule has 2 aromatic heterocycles. The number of aryl methyl sites for hydroxylation is 1. The molecule has 0 aliphatic carbocycles. The maximum atomic E-state index is 4.19. The Hall–Kier alpha value is -1.36. The van der Waals surface area contributed by atoms with Crippen molar-refractivity contribution >= 4 is 16.5 Å². The van der Waals surface area contributed by atoms with Gasteiger partial charge in [0, 0.05) is 29.4 Å². The molecule has 4 nitrogen and oxygen atoms in total. The van der Waals surface area contributed by atoms with Gasteiger partial charge in [-0.2, -0.15) is 5.10 Å². The van der Waals surface area contributed by atoms with E-state index in [2.05, 4.69) is 20.5 Å². The number of nitrogens with one attached hydrogen (secondary N) is 2. The monoisotopic (exact) mass is 194 g/mol. The van der Waals surface area contributed by atoms with E-state index in [4.69, 9.17) is 0 Å². The summed E-state index contributed by atoms with van der Waals surface area (Å²) in [5, 5.41) is 10.8. The molecule has 0 saturated heterocycles. The summed E-state index contributed by atoms with van der Waals surface area (Å²) >= 11 is 1.66. The minimum atomic E-state index is 0.767. The number of rotatable bonds is 3. The Morgan fingerprint density at radius 2 is 2.46 bits per heavy atom. The second-order valence-corrected chi connectivity index (χ2v) is 3.97. The first-order valence-corrected chi connectivity index (χ1v) is 4.80. The maximum Gasteiger partial charge on any atom is 0.183 e. The molecule has 0 radical (unpaired) electrons. The number of thiazole rings is 1. The molecule has 0 aliphatic rings. The summed E-state index contributed by atoms with van der Waals surface area (Å²) in [6.45, 7) is 2.81. The van der Waals surface area contributed by atoms with E-state index in [1.54, 1.807) is 17.5 Å². The molecule has 0 amide bonds. The molecular formula is C8H10N4S. The minimum Gasteiger partial charge on any atom is -0.357 e. The molecule has 0 spiro atoms. The lowest BCUT2D eigenvalue weighted by molar-refractivity contribution is 1.09. The third-order valence-electron chi connectivity index (χ3n) is 1.62. The summed E-state index contributed by atoms with van der Waals surface area (Å²) in [5.41, 5.74) is 1.13. The van der Waals surface area contributed by atoms with Gasteiger partial charge in [-0.1, -0.05) is 0 Å². The fourth-order valence-corrected chi connectivity index (χ4v) is 1.65. The van der Waals surface area contributed by atoms with Gasteiger partial charge in [-0.3, -0.25) is 5.10 Å². The van der Waals surface area contributed by atoms with Gasteiger partial charge < -0.3 is 5.32 Å². The molecule has 68 valence electrons. The molecule has 13 heavy (non-hydrogen) atoms. The Morgan fingerprint density at radius 3 is 3.08 bits per heavy atom. The van der Waals surface area contributed by atoms with E-state index in [1.165, 1.54) is 4.88 Å². The second kappa shape index (κ2) is 3.57. The van der Waals surface area contributed by atoms with Crippen molar-refractivity contribution in [1.29, 1.82) is 0 Å². The Labute approximate surface area is 80.0 Å². The lowest BCUT2D eigenvalue weighted by atomic mass is 10.4. The zero-order valence-electron chi connectivity index (χ0n) is 7.24. The highest BCUT2D eigenvalue weighted by atomic mass is 32.1. The van der Waals surface area contributed by atoms with E-state index < -0.39 is 0 Å². The van der Waals surface area contributed by atoms with Crippen molar-refractivity contribution in [1.82, 2.24) is 15.2 Å². The van der Waals surface area contributed by atoms with Crippen LogP contribution >= 0.6 is 11.3 Å². The highest BCUT2D eigenvalue weighted by Crippen LogP contribution is 2.16. The Balaban J connectivity index is 1.93. The van der Waals surface area contributed by atoms with Crippen LogP contribution in [-0.4, -0.2) is 15.2 Å². The molecule has 0 unspecified atom stereocenters. The van der Waals surface area contributed by atoms with Gasteiger partial charge in [0.05, 0.1) is 6.20 Å². The first-order valence-electron chi connectivity index (χ1n) is 3.98. The molecule has 0 aliphatic heterocycles. The maximum absolute atomic E-state index is 4.19. The van der Waals surface area contributed by atoms with Crippen LogP contribution in [0.5, 0.6) is 0 Å². The predicted molar refractivity (Wildman–Crippen MR) is 52.8 cm³/mol. The first-order chi connectivity index (χ1) is 6.34. The molecule has 2 rings (SSSR count). The van der Waals surface area contributed by atoms with E-state index in [0.717, 1.165) is 17.2 Å². The summed E-state index contributed by atoms with van der Waals surface area (Å²) in [4.78, 5) is 5.41. The van der Waals surface area contributed by atoms with Crippen molar-refractivity contribution in [2.45, 2.75) is 13.5 Å². The van der Waals surface area contributed by atoms with Gasteiger partial charge in [0.15, 0.2) is 5.13 Å². The molecule has 5 heteroatoms. The number of anilines is 1. The van der Waals surface area contributed by atoms with Crippen molar-refractivity contribution in [3.8, 4) is 0 Å². The number of hydrogen-bond acceptors (Lipinski definition) is 4. The highest BCUT2D eigenvalue weighted by molar-refractivity contribution is 7.15. The highest BCUT2D eigenvalue weighted by Gasteiger charge is 1.97. The van der Waals surface area contributed by atoms with Crippen LogP contribution in [0.15, 0.2) is 18.6 Å². The molecule has 2 aromatic rings. The lowest BCUT2D eigenvalue weighted by Gasteiger charge is -1.97. The largest absolute Gasteiger partial charge is 0.357 e. The quantitative estimate of drug-likeness (QED) is 0.783. The Morgan fingerprint density at radius 1 is 1.54 bits per heavy atom. The number of H-pyrrole nitrogens is 1. The topological polar surface area (TPSA) is 53.6 Å². The first kappa shape index (κ1) is 8.25. The van der Waals surface area contributed by atoms with Gasteiger partial charge in [0.2, 0.25) is 0 Å². The summed E-state index contributed by atoms with van der Waals surface area (Å²) in [7, 11) is 0. The van der Waals surface area contributed by atoms with E-state index in [9.17, 15) is 0 Å². The molecule has 2 heterocycles. The number of aromatic nitrogens is 3. The summed E-state index contributed by atoms with van der Waals surface area (Å²) in [6.07, 6.45) is 5.53. The fraction of sp³-hybridized carbons (Fsp3) is 0.250. The van der Waals surface area contributed by atoms with Gasteiger partial charge in [-0.15, -0.1) is 11.3 Å². The second-order valence-electron chi connectivity index (χ2n) is 2.74. The zero-order valence-corrected chi connectivity index (χ0v) is 8.06. The van der Waals surface area contributed by atoms with E-state index >= 15 is 0 Å². The third-order valence-corrected chi connectivity index (χ3v) is 2.49. The van der Waals surface area contributed by atoms with Crippen molar-refractivity contribution in [2.75, 3.05) is 5.32 Å². The summed E-state index contributed by atoms with van der Waals surface area (Å²) in [5.74, 6) is 0. The van der Waals surface area contributed by atoms with Crippen LogP contribution < -0.4 is 5.32 Å². The van der Waals surface area contributed by atoms with Crippen molar-refractivity contribution in [2.24, 2.45) is 0 Å². The lowest BCUT2D eigenvalue weighted by Crippen LogP contribution is -1.96. The molecule has 0 fully saturated rings. The Kier molecular flexibility index (Phi) is 2.27. The van der Waals surface area contributed by atoms with Crippen LogP contribution in [0.1, 0.15) is 10.4 Å². The SMILES string of the molecule is Cc1cnc(NCc2cn[nH]c2)s1. The predicted octanol–water partition coefficient (Wildman–Crippen LogP) is 1.79. The average molecular weight is 194 g/mol. The van der Waals surface area contributed by atoms with Gasteiger partial charge in [0.1, 0.15) is 0 Å². The van der Waals surface area contributed by atoms with Crippen LogP contribution in [0, 0.1) is 6.92 Å². The van der Waals surface area contributed by atoms with Crippen LogP contribution in [0.2, 0.25) is 0 Å². The van der Waals surface area contributed by atoms with E-state index in [0.29, 0.717) is 0 Å². The number of aromatic amines is 1. The van der Waals surface area contributed by atoms with Crippen LogP contribution in [0.3, 0.4) is 0 Å². The summed E-state index contributed by atoms with van der Waals surface area (Å²) in [6, 6.07) is 0. The minimum absolute atomic E-state index is 0.767. The average Bonchev–Trinajstić information content (AvgIpc) is 2.71. The molecule has 0 bridgehead atoms. The van der Waals surface area contributed by atoms with Gasteiger partial charge in [-0.25, -0.2) is 4.98 Å². The van der Waals surface area contributed by atoms with Crippen LogP contribution in [0.4, 0.5) is 5.13 Å². The fourth-order valence-electron chi connectivity index (χ4n) is 0.988. The number of nitrogens with zero attached hydrogens (tertiary/aromatic N) is 2. The van der Waals surface area contributed by atoms with Crippen LogP contribution in [-0.2, 0) is 6.54 Å². The molecule has 0 saturated carbocycles. The third kappa shape index (κ3) is 2.06. The molecular weight excluding hydrogens is 184 g/mol. The van der Waals surface area contributed by atoms with E-state index in [-0.39, 0.29) is 0 Å². The van der Waals surface area contributed by atoms with Gasteiger partial charge >= 0.3 is 0 Å². The molecule has 0 atom stereocenters. The van der Waals surface area contributed by atoms with Crippen molar-refractivity contribution in [3.63, 3.8) is 0 Å². The van der Waals surface area contributed by atoms with Crippen molar-refractivity contribution in [3.05, 3.63) is 29.0 Å².